The lowest BCUT2D eigenvalue weighted by molar-refractivity contribution is 0.0955. The van der Waals surface area contributed by atoms with Gasteiger partial charge in [-0.15, -0.1) is 0 Å². The van der Waals surface area contributed by atoms with Gasteiger partial charge in [0.05, 0.1) is 6.61 Å². The summed E-state index contributed by atoms with van der Waals surface area (Å²) in [6, 6.07) is 17.1. The summed E-state index contributed by atoms with van der Waals surface area (Å²) in [5.74, 6) is 0.547. The Bertz CT molecular complexity index is 737. The lowest BCUT2D eigenvalue weighted by Gasteiger charge is -2.07. The fourth-order valence-electron chi connectivity index (χ4n) is 2.70. The minimum absolute atomic E-state index is 0.244. The molecular weight excluding hydrogens is 348 g/mol. The fourth-order valence-corrected chi connectivity index (χ4v) is 2.70. The zero-order valence-corrected chi connectivity index (χ0v) is 16.6. The SMILES string of the molecule is CCCCCCCCOc1ccc(C(=O)N/N=C\C=C\c2ccccc2)cc1. The second kappa shape index (κ2) is 13.3. The number of hydrazone groups is 1. The molecular formula is C24H30N2O2. The smallest absolute Gasteiger partial charge is 0.271 e. The molecule has 0 saturated carbocycles. The summed E-state index contributed by atoms with van der Waals surface area (Å²) in [5, 5.41) is 3.93. The molecule has 148 valence electrons. The Hall–Kier alpha value is -2.88. The zero-order chi connectivity index (χ0) is 19.9. The molecule has 2 rings (SSSR count). The maximum atomic E-state index is 12.1. The van der Waals surface area contributed by atoms with Gasteiger partial charge in [0.1, 0.15) is 5.75 Å². The standard InChI is InChI=1S/C24H30N2O2/c1-2-3-4-5-6-10-20-28-23-17-15-22(16-18-23)24(27)26-25-19-11-14-21-12-8-7-9-13-21/h7-9,11-19H,2-6,10,20H2,1H3,(H,26,27)/b14-11+,25-19-. The molecule has 2 aromatic rings. The van der Waals surface area contributed by atoms with Gasteiger partial charge < -0.3 is 4.74 Å². The maximum absolute atomic E-state index is 12.1. The summed E-state index contributed by atoms with van der Waals surface area (Å²) in [6.45, 7) is 2.94. The monoisotopic (exact) mass is 378 g/mol. The van der Waals surface area contributed by atoms with Crippen LogP contribution < -0.4 is 10.2 Å². The summed E-state index contributed by atoms with van der Waals surface area (Å²) in [6.07, 6.45) is 12.7. The topological polar surface area (TPSA) is 50.7 Å². The predicted octanol–water partition coefficient (Wildman–Crippen LogP) is 5.85. The third-order valence-electron chi connectivity index (χ3n) is 4.30. The molecule has 1 N–H and O–H groups in total. The Labute approximate surface area is 168 Å². The van der Waals surface area contributed by atoms with Crippen LogP contribution in [-0.2, 0) is 0 Å². The first kappa shape index (κ1) is 21.4. The highest BCUT2D eigenvalue weighted by atomic mass is 16.5. The molecule has 0 heterocycles. The van der Waals surface area contributed by atoms with Gasteiger partial charge in [0.2, 0.25) is 0 Å². The van der Waals surface area contributed by atoms with Crippen LogP contribution in [0.4, 0.5) is 0 Å². The summed E-state index contributed by atoms with van der Waals surface area (Å²) in [5.41, 5.74) is 4.15. The molecule has 0 aromatic heterocycles. The van der Waals surface area contributed by atoms with Gasteiger partial charge in [-0.1, -0.05) is 75.4 Å². The molecule has 0 bridgehead atoms. The molecule has 1 amide bonds. The molecule has 0 saturated heterocycles. The average Bonchev–Trinajstić information content (AvgIpc) is 2.74. The quantitative estimate of drug-likeness (QED) is 0.286. The van der Waals surface area contributed by atoms with Gasteiger partial charge in [-0.05, 0) is 42.3 Å². The molecule has 0 aliphatic carbocycles. The van der Waals surface area contributed by atoms with Gasteiger partial charge in [0.25, 0.3) is 5.91 Å². The van der Waals surface area contributed by atoms with E-state index in [1.165, 1.54) is 32.1 Å². The van der Waals surface area contributed by atoms with Crippen molar-refractivity contribution < 1.29 is 9.53 Å². The van der Waals surface area contributed by atoms with Crippen LogP contribution in [0.1, 0.15) is 61.4 Å². The Morgan fingerprint density at radius 2 is 1.68 bits per heavy atom. The third-order valence-corrected chi connectivity index (χ3v) is 4.30. The van der Waals surface area contributed by atoms with E-state index in [4.69, 9.17) is 4.74 Å². The summed E-state index contributed by atoms with van der Waals surface area (Å²) < 4.78 is 5.73. The Kier molecular flexibility index (Phi) is 10.2. The van der Waals surface area contributed by atoms with E-state index < -0.39 is 0 Å². The van der Waals surface area contributed by atoms with E-state index in [2.05, 4.69) is 17.5 Å². The Balaban J connectivity index is 1.67. The van der Waals surface area contributed by atoms with Crippen LogP contribution in [0, 0.1) is 0 Å². The molecule has 0 fully saturated rings. The number of hydrogen-bond donors (Lipinski definition) is 1. The van der Waals surface area contributed by atoms with E-state index in [9.17, 15) is 4.79 Å². The van der Waals surface area contributed by atoms with Crippen LogP contribution in [0.25, 0.3) is 6.08 Å². The minimum atomic E-state index is -0.244. The van der Waals surface area contributed by atoms with E-state index in [-0.39, 0.29) is 5.91 Å². The van der Waals surface area contributed by atoms with Gasteiger partial charge in [-0.25, -0.2) is 5.43 Å². The summed E-state index contributed by atoms with van der Waals surface area (Å²) in [7, 11) is 0. The number of nitrogens with zero attached hydrogens (tertiary/aromatic N) is 1. The van der Waals surface area contributed by atoms with Crippen molar-refractivity contribution in [3.8, 4) is 5.75 Å². The molecule has 0 unspecified atom stereocenters. The highest BCUT2D eigenvalue weighted by molar-refractivity contribution is 5.94. The first-order valence-electron chi connectivity index (χ1n) is 10.1. The van der Waals surface area contributed by atoms with E-state index in [0.717, 1.165) is 24.3 Å². The molecule has 28 heavy (non-hydrogen) atoms. The second-order valence-electron chi connectivity index (χ2n) is 6.63. The molecule has 2 aromatic carbocycles. The number of benzene rings is 2. The number of hydrogen-bond acceptors (Lipinski definition) is 3. The first-order chi connectivity index (χ1) is 13.8. The molecule has 0 atom stereocenters. The lowest BCUT2D eigenvalue weighted by Crippen LogP contribution is -2.17. The number of amides is 1. The van der Waals surface area contributed by atoms with Crippen LogP contribution in [-0.4, -0.2) is 18.7 Å². The van der Waals surface area contributed by atoms with Gasteiger partial charge in [0, 0.05) is 11.8 Å². The normalized spacial score (nSPS) is 11.2. The van der Waals surface area contributed by atoms with Crippen molar-refractivity contribution in [2.24, 2.45) is 5.10 Å². The Morgan fingerprint density at radius 1 is 0.964 bits per heavy atom. The van der Waals surface area contributed by atoms with Crippen molar-refractivity contribution >= 4 is 18.2 Å². The van der Waals surface area contributed by atoms with Crippen molar-refractivity contribution in [2.45, 2.75) is 45.4 Å². The zero-order valence-electron chi connectivity index (χ0n) is 16.6. The number of carbonyl (C=O) groups excluding carboxylic acids is 1. The van der Waals surface area contributed by atoms with Crippen LogP contribution >= 0.6 is 0 Å². The maximum Gasteiger partial charge on any atom is 0.271 e. The molecule has 4 nitrogen and oxygen atoms in total. The molecule has 0 aliphatic heterocycles. The van der Waals surface area contributed by atoms with E-state index in [1.807, 2.05) is 48.5 Å². The third kappa shape index (κ3) is 8.67. The number of unbranched alkanes of at least 4 members (excludes halogenated alkanes) is 5. The fraction of sp³-hybridized carbons (Fsp3) is 0.333. The molecule has 0 spiro atoms. The van der Waals surface area contributed by atoms with Crippen LogP contribution in [0.2, 0.25) is 0 Å². The van der Waals surface area contributed by atoms with Gasteiger partial charge in [0.15, 0.2) is 0 Å². The number of nitrogens with one attached hydrogen (secondary N) is 1. The van der Waals surface area contributed by atoms with E-state index >= 15 is 0 Å². The number of allylic oxidation sites excluding steroid dienone is 1. The van der Waals surface area contributed by atoms with E-state index in [0.29, 0.717) is 5.56 Å². The second-order valence-corrected chi connectivity index (χ2v) is 6.63. The van der Waals surface area contributed by atoms with Crippen LogP contribution in [0.3, 0.4) is 0 Å². The Morgan fingerprint density at radius 3 is 2.43 bits per heavy atom. The highest BCUT2D eigenvalue weighted by Crippen LogP contribution is 2.13. The molecule has 4 heteroatoms. The van der Waals surface area contributed by atoms with E-state index in [1.54, 1.807) is 24.4 Å². The largest absolute Gasteiger partial charge is 0.494 e. The summed E-state index contributed by atoms with van der Waals surface area (Å²) >= 11 is 0. The van der Waals surface area contributed by atoms with Crippen molar-refractivity contribution in [3.05, 3.63) is 71.8 Å². The number of rotatable bonds is 12. The number of carbonyl (C=O) groups is 1. The number of ether oxygens (including phenoxy) is 1. The molecule has 0 aliphatic rings. The van der Waals surface area contributed by atoms with Crippen molar-refractivity contribution in [1.29, 1.82) is 0 Å². The lowest BCUT2D eigenvalue weighted by atomic mass is 10.1. The van der Waals surface area contributed by atoms with Crippen LogP contribution in [0.15, 0.2) is 65.8 Å². The molecule has 0 radical (unpaired) electrons. The first-order valence-corrected chi connectivity index (χ1v) is 10.1. The van der Waals surface area contributed by atoms with Crippen molar-refractivity contribution in [3.63, 3.8) is 0 Å². The van der Waals surface area contributed by atoms with Gasteiger partial charge in [-0.2, -0.15) is 5.10 Å². The highest BCUT2D eigenvalue weighted by Gasteiger charge is 2.04. The van der Waals surface area contributed by atoms with Gasteiger partial charge >= 0.3 is 0 Å². The summed E-state index contributed by atoms with van der Waals surface area (Å²) in [4.78, 5) is 12.1. The minimum Gasteiger partial charge on any atom is -0.494 e. The van der Waals surface area contributed by atoms with Gasteiger partial charge in [-0.3, -0.25) is 4.79 Å². The van der Waals surface area contributed by atoms with Crippen LogP contribution in [0.5, 0.6) is 5.75 Å². The van der Waals surface area contributed by atoms with Crippen molar-refractivity contribution in [2.75, 3.05) is 6.61 Å². The predicted molar refractivity (Wildman–Crippen MR) is 117 cm³/mol. The average molecular weight is 379 g/mol. The van der Waals surface area contributed by atoms with Crippen molar-refractivity contribution in [1.82, 2.24) is 5.43 Å².